The molecule has 1 aromatic carbocycles. The standard InChI is InChI=1S/C19H23NO4S2/c1-12-15-10-13(6-7-16(15)20-19(12)23)17(21)11-24-18(22)5-3-2-4-14-8-9-25-26-14/h6-7,10,12,14H,2-5,8-9,11H2,1H3,(H,20,23)/t12-,14-/m1/s1. The Kier molecular flexibility index (Phi) is 6.64. The summed E-state index contributed by atoms with van der Waals surface area (Å²) in [4.78, 5) is 35.7. The third-order valence-corrected chi connectivity index (χ3v) is 7.75. The summed E-state index contributed by atoms with van der Waals surface area (Å²) >= 11 is 0. The minimum Gasteiger partial charge on any atom is -0.457 e. The van der Waals surface area contributed by atoms with E-state index < -0.39 is 0 Å². The molecule has 1 saturated heterocycles. The Morgan fingerprint density at radius 2 is 2.15 bits per heavy atom. The molecule has 1 aromatic rings. The number of hydrogen-bond donors (Lipinski definition) is 1. The molecule has 1 N–H and O–H groups in total. The van der Waals surface area contributed by atoms with Crippen LogP contribution in [0.5, 0.6) is 0 Å². The maximum absolute atomic E-state index is 12.3. The van der Waals surface area contributed by atoms with Crippen molar-refractivity contribution in [2.24, 2.45) is 0 Å². The summed E-state index contributed by atoms with van der Waals surface area (Å²) in [5.74, 6) is 0.332. The van der Waals surface area contributed by atoms with Crippen LogP contribution in [0.1, 0.15) is 60.9 Å². The molecule has 2 heterocycles. The molecular formula is C19H23NO4S2. The zero-order valence-corrected chi connectivity index (χ0v) is 16.4. The molecular weight excluding hydrogens is 370 g/mol. The zero-order valence-electron chi connectivity index (χ0n) is 14.8. The number of hydrogen-bond acceptors (Lipinski definition) is 6. The molecule has 26 heavy (non-hydrogen) atoms. The first-order valence-electron chi connectivity index (χ1n) is 8.96. The summed E-state index contributed by atoms with van der Waals surface area (Å²) in [6.07, 6.45) is 4.58. The summed E-state index contributed by atoms with van der Waals surface area (Å²) in [7, 11) is 3.88. The van der Waals surface area contributed by atoms with Gasteiger partial charge in [0, 0.05) is 28.7 Å². The molecule has 0 saturated carbocycles. The number of benzene rings is 1. The number of fused-ring (bicyclic) bond motifs is 1. The van der Waals surface area contributed by atoms with E-state index in [2.05, 4.69) is 5.32 Å². The summed E-state index contributed by atoms with van der Waals surface area (Å²) in [6.45, 7) is 1.56. The molecule has 1 amide bonds. The van der Waals surface area contributed by atoms with E-state index in [1.807, 2.05) is 21.6 Å². The van der Waals surface area contributed by atoms with Crippen molar-refractivity contribution in [1.82, 2.24) is 0 Å². The first kappa shape index (κ1) is 19.3. The molecule has 0 radical (unpaired) electrons. The van der Waals surface area contributed by atoms with Crippen molar-refractivity contribution in [2.45, 2.75) is 50.2 Å². The molecule has 2 atom stereocenters. The third-order valence-electron chi connectivity index (χ3n) is 4.74. The summed E-state index contributed by atoms with van der Waals surface area (Å²) < 4.78 is 5.12. The normalized spacial score (nSPS) is 21.3. The predicted octanol–water partition coefficient (Wildman–Crippen LogP) is 4.18. The van der Waals surface area contributed by atoms with E-state index in [4.69, 9.17) is 4.74 Å². The van der Waals surface area contributed by atoms with Crippen molar-refractivity contribution < 1.29 is 19.1 Å². The highest BCUT2D eigenvalue weighted by Gasteiger charge is 2.27. The van der Waals surface area contributed by atoms with Gasteiger partial charge in [0.2, 0.25) is 5.91 Å². The summed E-state index contributed by atoms with van der Waals surface area (Å²) in [5.41, 5.74) is 2.03. The smallest absolute Gasteiger partial charge is 0.306 e. The van der Waals surface area contributed by atoms with E-state index in [-0.39, 0.29) is 30.2 Å². The molecule has 140 valence electrons. The van der Waals surface area contributed by atoms with Crippen molar-refractivity contribution in [1.29, 1.82) is 0 Å². The predicted molar refractivity (Wildman–Crippen MR) is 106 cm³/mol. The van der Waals surface area contributed by atoms with E-state index in [0.717, 1.165) is 35.8 Å². The maximum atomic E-state index is 12.3. The Bertz CT molecular complexity index is 701. The van der Waals surface area contributed by atoms with Crippen LogP contribution in [0.3, 0.4) is 0 Å². The first-order chi connectivity index (χ1) is 12.5. The highest BCUT2D eigenvalue weighted by Crippen LogP contribution is 2.39. The average molecular weight is 394 g/mol. The van der Waals surface area contributed by atoms with Crippen LogP contribution in [0.15, 0.2) is 18.2 Å². The molecule has 2 aliphatic heterocycles. The van der Waals surface area contributed by atoms with Gasteiger partial charge in [-0.1, -0.05) is 28.0 Å². The highest BCUT2D eigenvalue weighted by molar-refractivity contribution is 8.77. The van der Waals surface area contributed by atoms with Gasteiger partial charge in [-0.2, -0.15) is 0 Å². The van der Waals surface area contributed by atoms with Crippen LogP contribution >= 0.6 is 21.6 Å². The van der Waals surface area contributed by atoms with Gasteiger partial charge in [0.15, 0.2) is 12.4 Å². The number of amides is 1. The highest BCUT2D eigenvalue weighted by atomic mass is 33.1. The molecule has 0 unspecified atom stereocenters. The van der Waals surface area contributed by atoms with Crippen molar-refractivity contribution >= 4 is 44.9 Å². The SMILES string of the molecule is C[C@H]1C(=O)Nc2ccc(C(=O)COC(=O)CCCC[C@@H]3CCSS3)cc21. The average Bonchev–Trinajstić information content (AvgIpc) is 3.25. The number of ether oxygens (including phenoxy) is 1. The maximum Gasteiger partial charge on any atom is 0.306 e. The fourth-order valence-corrected chi connectivity index (χ4v) is 6.13. The van der Waals surface area contributed by atoms with Crippen LogP contribution in [0.2, 0.25) is 0 Å². The quantitative estimate of drug-likeness (QED) is 0.309. The number of Topliss-reactive ketones (excluding diaryl/α,β-unsaturated/α-hetero) is 1. The first-order valence-corrected chi connectivity index (χ1v) is 11.3. The number of carbonyl (C=O) groups excluding carboxylic acids is 3. The molecule has 2 aliphatic rings. The van der Waals surface area contributed by atoms with Crippen LogP contribution in [0.25, 0.3) is 0 Å². The van der Waals surface area contributed by atoms with E-state index in [9.17, 15) is 14.4 Å². The fourth-order valence-electron chi connectivity index (χ4n) is 3.10. The third kappa shape index (κ3) is 4.82. The molecule has 0 spiro atoms. The lowest BCUT2D eigenvalue weighted by Gasteiger charge is -2.08. The van der Waals surface area contributed by atoms with Crippen molar-refractivity contribution in [3.63, 3.8) is 0 Å². The molecule has 3 rings (SSSR count). The van der Waals surface area contributed by atoms with E-state index in [1.54, 1.807) is 25.1 Å². The van der Waals surface area contributed by atoms with Crippen molar-refractivity contribution in [3.05, 3.63) is 29.3 Å². The number of ketones is 1. The lowest BCUT2D eigenvalue weighted by Crippen LogP contribution is -2.14. The van der Waals surface area contributed by atoms with Gasteiger partial charge in [-0.3, -0.25) is 14.4 Å². The van der Waals surface area contributed by atoms with Crippen LogP contribution in [-0.4, -0.2) is 35.3 Å². The number of unbranched alkanes of at least 4 members (excludes halogenated alkanes) is 1. The topological polar surface area (TPSA) is 72.5 Å². The van der Waals surface area contributed by atoms with Gasteiger partial charge in [0.1, 0.15) is 0 Å². The van der Waals surface area contributed by atoms with Gasteiger partial charge >= 0.3 is 5.97 Å². The fraction of sp³-hybridized carbons (Fsp3) is 0.526. The Hall–Kier alpha value is -1.47. The van der Waals surface area contributed by atoms with Gasteiger partial charge < -0.3 is 10.1 Å². The van der Waals surface area contributed by atoms with Crippen LogP contribution in [0, 0.1) is 0 Å². The number of esters is 1. The minimum atomic E-state index is -0.321. The van der Waals surface area contributed by atoms with Crippen molar-refractivity contribution in [3.8, 4) is 0 Å². The molecule has 0 aromatic heterocycles. The summed E-state index contributed by atoms with van der Waals surface area (Å²) in [5, 5.41) is 3.50. The Balaban J connectivity index is 1.39. The number of carbonyl (C=O) groups is 3. The lowest BCUT2D eigenvalue weighted by molar-refractivity contribution is -0.142. The number of rotatable bonds is 8. The van der Waals surface area contributed by atoms with Gasteiger partial charge in [-0.15, -0.1) is 0 Å². The second-order valence-corrected chi connectivity index (χ2v) is 9.46. The molecule has 0 bridgehead atoms. The van der Waals surface area contributed by atoms with E-state index >= 15 is 0 Å². The van der Waals surface area contributed by atoms with Gasteiger partial charge in [-0.05, 0) is 49.9 Å². The number of nitrogens with one attached hydrogen (secondary N) is 1. The molecule has 0 aliphatic carbocycles. The second-order valence-electron chi connectivity index (χ2n) is 6.67. The van der Waals surface area contributed by atoms with Gasteiger partial charge in [0.05, 0.1) is 5.92 Å². The minimum absolute atomic E-state index is 0.0642. The summed E-state index contributed by atoms with van der Waals surface area (Å²) in [6, 6.07) is 5.10. The number of anilines is 1. The zero-order chi connectivity index (χ0) is 18.5. The monoisotopic (exact) mass is 393 g/mol. The van der Waals surface area contributed by atoms with Gasteiger partial charge in [-0.25, -0.2) is 0 Å². The van der Waals surface area contributed by atoms with Crippen LogP contribution in [0.4, 0.5) is 5.69 Å². The van der Waals surface area contributed by atoms with Crippen molar-refractivity contribution in [2.75, 3.05) is 17.7 Å². The van der Waals surface area contributed by atoms with E-state index in [1.165, 1.54) is 12.2 Å². The van der Waals surface area contributed by atoms with Gasteiger partial charge in [0.25, 0.3) is 0 Å². The largest absolute Gasteiger partial charge is 0.457 e. The molecule has 7 heteroatoms. The molecule has 5 nitrogen and oxygen atoms in total. The van der Waals surface area contributed by atoms with Crippen LogP contribution in [-0.2, 0) is 14.3 Å². The molecule has 1 fully saturated rings. The second kappa shape index (κ2) is 8.95. The van der Waals surface area contributed by atoms with Crippen LogP contribution < -0.4 is 5.32 Å². The Morgan fingerprint density at radius 1 is 1.31 bits per heavy atom. The Labute approximate surface area is 161 Å². The lowest BCUT2D eigenvalue weighted by atomic mass is 9.99. The Morgan fingerprint density at radius 3 is 2.92 bits per heavy atom. The van der Waals surface area contributed by atoms with E-state index in [0.29, 0.717) is 12.0 Å².